The van der Waals surface area contributed by atoms with E-state index in [1.165, 1.54) is 12.1 Å². The summed E-state index contributed by atoms with van der Waals surface area (Å²) in [4.78, 5) is 23.9. The lowest BCUT2D eigenvalue weighted by Gasteiger charge is -2.34. The highest BCUT2D eigenvalue weighted by Gasteiger charge is 2.36. The molecular weight excluding hydrogens is 296 g/mol. The van der Waals surface area contributed by atoms with Gasteiger partial charge in [0.15, 0.2) is 5.78 Å². The number of esters is 1. The highest BCUT2D eigenvalue weighted by molar-refractivity contribution is 6.01. The summed E-state index contributed by atoms with van der Waals surface area (Å²) in [5, 5.41) is 10.1. The van der Waals surface area contributed by atoms with Crippen molar-refractivity contribution in [3.63, 3.8) is 0 Å². The van der Waals surface area contributed by atoms with Gasteiger partial charge in [-0.25, -0.2) is 4.79 Å². The predicted octanol–water partition coefficient (Wildman–Crippen LogP) is 3.19. The minimum Gasteiger partial charge on any atom is -0.508 e. The van der Waals surface area contributed by atoms with Gasteiger partial charge in [0.1, 0.15) is 17.1 Å². The van der Waals surface area contributed by atoms with Crippen LogP contribution >= 0.6 is 0 Å². The molecule has 23 heavy (non-hydrogen) atoms. The van der Waals surface area contributed by atoms with Crippen LogP contribution in [0, 0.1) is 0 Å². The number of Topliss-reactive ketones (excluding diaryl/α,β-unsaturated/α-hetero) is 1. The minimum atomic E-state index is -0.937. The van der Waals surface area contributed by atoms with E-state index in [9.17, 15) is 14.7 Å². The first-order chi connectivity index (χ1) is 10.9. The zero-order chi connectivity index (χ0) is 17.0. The molecule has 1 aromatic rings. The fourth-order valence-corrected chi connectivity index (χ4v) is 2.66. The highest BCUT2D eigenvalue weighted by Crippen LogP contribution is 2.40. The van der Waals surface area contributed by atoms with Crippen LogP contribution in [0.3, 0.4) is 0 Å². The molecule has 0 saturated carbocycles. The number of rotatable bonds is 5. The quantitative estimate of drug-likeness (QED) is 0.667. The van der Waals surface area contributed by atoms with Crippen molar-refractivity contribution in [3.8, 4) is 11.5 Å². The van der Waals surface area contributed by atoms with E-state index in [0.717, 1.165) is 6.42 Å². The Hall–Kier alpha value is -2.30. The molecule has 0 aliphatic carbocycles. The van der Waals surface area contributed by atoms with Gasteiger partial charge >= 0.3 is 5.97 Å². The summed E-state index contributed by atoms with van der Waals surface area (Å²) in [5.41, 5.74) is 0.176. The molecule has 2 rings (SSSR count). The molecule has 0 radical (unpaired) electrons. The van der Waals surface area contributed by atoms with E-state index < -0.39 is 11.6 Å². The van der Waals surface area contributed by atoms with Crippen LogP contribution in [-0.4, -0.2) is 29.1 Å². The van der Waals surface area contributed by atoms with Crippen molar-refractivity contribution in [2.75, 3.05) is 6.61 Å². The Balaban J connectivity index is 2.36. The van der Waals surface area contributed by atoms with Gasteiger partial charge in [-0.05, 0) is 38.5 Å². The van der Waals surface area contributed by atoms with Crippen LogP contribution in [-0.2, 0) is 16.0 Å². The first-order valence-corrected chi connectivity index (χ1v) is 7.83. The number of benzene rings is 1. The minimum absolute atomic E-state index is 0.0698. The highest BCUT2D eigenvalue weighted by atomic mass is 16.5. The molecule has 0 bridgehead atoms. The molecule has 0 unspecified atom stereocenters. The van der Waals surface area contributed by atoms with Crippen molar-refractivity contribution in [2.24, 2.45) is 0 Å². The SMILES string of the molecule is CCCc1c(O)ccc2c1O[C@@](C)(C=CC(=O)OCC)CC2=O. The van der Waals surface area contributed by atoms with Crippen molar-refractivity contribution < 1.29 is 24.2 Å². The number of carbonyl (C=O) groups is 2. The zero-order valence-corrected chi connectivity index (χ0v) is 13.7. The predicted molar refractivity (Wildman–Crippen MR) is 85.9 cm³/mol. The summed E-state index contributed by atoms with van der Waals surface area (Å²) >= 11 is 0. The molecule has 1 heterocycles. The summed E-state index contributed by atoms with van der Waals surface area (Å²) in [6.07, 6.45) is 4.39. The van der Waals surface area contributed by atoms with E-state index in [1.807, 2.05) is 6.92 Å². The van der Waals surface area contributed by atoms with E-state index in [2.05, 4.69) is 0 Å². The van der Waals surface area contributed by atoms with Gasteiger partial charge in [0, 0.05) is 11.6 Å². The standard InChI is InChI=1S/C18H22O5/c1-4-6-12-14(19)8-7-13-15(20)11-18(3,23-17(12)13)10-9-16(21)22-5-2/h7-10,19H,4-6,11H2,1-3H3/t18-/m0/s1. The third-order valence-electron chi connectivity index (χ3n) is 3.74. The van der Waals surface area contributed by atoms with Gasteiger partial charge in [0.05, 0.1) is 18.6 Å². The first kappa shape index (κ1) is 17.1. The summed E-state index contributed by atoms with van der Waals surface area (Å²) < 4.78 is 10.9. The van der Waals surface area contributed by atoms with Gasteiger partial charge in [0.2, 0.25) is 0 Å². The molecule has 124 valence electrons. The van der Waals surface area contributed by atoms with Gasteiger partial charge in [-0.2, -0.15) is 0 Å². The Labute approximate surface area is 135 Å². The molecule has 1 aromatic carbocycles. The van der Waals surface area contributed by atoms with Gasteiger partial charge in [-0.3, -0.25) is 4.79 Å². The van der Waals surface area contributed by atoms with Crippen molar-refractivity contribution in [1.29, 1.82) is 0 Å². The van der Waals surface area contributed by atoms with Crippen molar-refractivity contribution in [2.45, 2.75) is 45.6 Å². The maximum Gasteiger partial charge on any atom is 0.330 e. The fraction of sp³-hybridized carbons (Fsp3) is 0.444. The summed E-state index contributed by atoms with van der Waals surface area (Å²) in [6, 6.07) is 3.11. The molecular formula is C18H22O5. The van der Waals surface area contributed by atoms with E-state index in [0.29, 0.717) is 23.3 Å². The molecule has 1 atom stereocenters. The second-order valence-corrected chi connectivity index (χ2v) is 5.79. The second-order valence-electron chi connectivity index (χ2n) is 5.79. The van der Waals surface area contributed by atoms with Crippen molar-refractivity contribution >= 4 is 11.8 Å². The summed E-state index contributed by atoms with van der Waals surface area (Å²) in [7, 11) is 0. The molecule has 1 aliphatic rings. The average Bonchev–Trinajstić information content (AvgIpc) is 2.49. The molecule has 1 N–H and O–H groups in total. The number of ketones is 1. The van der Waals surface area contributed by atoms with Crippen LogP contribution in [0.4, 0.5) is 0 Å². The number of hydrogen-bond acceptors (Lipinski definition) is 5. The lowest BCUT2D eigenvalue weighted by atomic mass is 9.89. The van der Waals surface area contributed by atoms with Gasteiger partial charge in [-0.1, -0.05) is 13.3 Å². The van der Waals surface area contributed by atoms with Crippen LogP contribution in [0.15, 0.2) is 24.3 Å². The lowest BCUT2D eigenvalue weighted by molar-refractivity contribution is -0.137. The van der Waals surface area contributed by atoms with Gasteiger partial charge < -0.3 is 14.6 Å². The van der Waals surface area contributed by atoms with E-state index >= 15 is 0 Å². The van der Waals surface area contributed by atoms with E-state index in [-0.39, 0.29) is 24.6 Å². The number of carbonyl (C=O) groups excluding carboxylic acids is 2. The van der Waals surface area contributed by atoms with Gasteiger partial charge in [-0.15, -0.1) is 0 Å². The largest absolute Gasteiger partial charge is 0.508 e. The number of phenolic OH excluding ortho intramolecular Hbond substituents is 1. The smallest absolute Gasteiger partial charge is 0.330 e. The molecule has 0 amide bonds. The normalized spacial score (nSPS) is 20.2. The van der Waals surface area contributed by atoms with Crippen LogP contribution in [0.2, 0.25) is 0 Å². The van der Waals surface area contributed by atoms with Crippen LogP contribution in [0.1, 0.15) is 49.5 Å². The molecule has 0 fully saturated rings. The molecule has 1 aliphatic heterocycles. The number of hydrogen-bond donors (Lipinski definition) is 1. The Kier molecular flexibility index (Phi) is 5.08. The Morgan fingerprint density at radius 1 is 1.43 bits per heavy atom. The molecule has 5 nitrogen and oxygen atoms in total. The third kappa shape index (κ3) is 3.73. The van der Waals surface area contributed by atoms with Crippen molar-refractivity contribution in [1.82, 2.24) is 0 Å². The fourth-order valence-electron chi connectivity index (χ4n) is 2.66. The Morgan fingerprint density at radius 2 is 2.17 bits per heavy atom. The topological polar surface area (TPSA) is 72.8 Å². The zero-order valence-electron chi connectivity index (χ0n) is 13.7. The van der Waals surface area contributed by atoms with E-state index in [1.54, 1.807) is 26.0 Å². The third-order valence-corrected chi connectivity index (χ3v) is 3.74. The first-order valence-electron chi connectivity index (χ1n) is 7.83. The van der Waals surface area contributed by atoms with Crippen molar-refractivity contribution in [3.05, 3.63) is 35.4 Å². The summed E-state index contributed by atoms with van der Waals surface area (Å²) in [5.74, 6) is -0.00370. The Morgan fingerprint density at radius 3 is 2.83 bits per heavy atom. The van der Waals surface area contributed by atoms with Crippen LogP contribution in [0.25, 0.3) is 0 Å². The molecule has 0 saturated heterocycles. The van der Waals surface area contributed by atoms with Crippen LogP contribution < -0.4 is 4.74 Å². The maximum atomic E-state index is 12.4. The Bertz CT molecular complexity index is 647. The number of fused-ring (bicyclic) bond motifs is 1. The van der Waals surface area contributed by atoms with Gasteiger partial charge in [0.25, 0.3) is 0 Å². The van der Waals surface area contributed by atoms with Crippen LogP contribution in [0.5, 0.6) is 11.5 Å². The number of phenols is 1. The number of ether oxygens (including phenoxy) is 2. The lowest BCUT2D eigenvalue weighted by Crippen LogP contribution is -2.38. The maximum absolute atomic E-state index is 12.4. The second kappa shape index (κ2) is 6.86. The molecule has 0 aromatic heterocycles. The molecule has 5 heteroatoms. The number of aromatic hydroxyl groups is 1. The average molecular weight is 318 g/mol. The monoisotopic (exact) mass is 318 g/mol. The molecule has 0 spiro atoms. The summed E-state index contributed by atoms with van der Waals surface area (Å²) in [6.45, 7) is 5.74. The van der Waals surface area contributed by atoms with E-state index in [4.69, 9.17) is 9.47 Å².